The maximum absolute atomic E-state index is 12.8. The summed E-state index contributed by atoms with van der Waals surface area (Å²) in [5.74, 6) is -1.74. The second-order valence-electron chi connectivity index (χ2n) is 6.70. The molecule has 1 aliphatic rings. The number of likely N-dealkylation sites (tertiary alicyclic amines) is 1. The molecule has 1 saturated heterocycles. The fourth-order valence-electron chi connectivity index (χ4n) is 3.25. The third kappa shape index (κ3) is 4.36. The van der Waals surface area contributed by atoms with E-state index in [4.69, 9.17) is 0 Å². The third-order valence-corrected chi connectivity index (χ3v) is 5.56. The van der Waals surface area contributed by atoms with Crippen LogP contribution < -0.4 is 5.32 Å². The predicted octanol–water partition coefficient (Wildman–Crippen LogP) is 3.57. The molecule has 2 atom stereocenters. The van der Waals surface area contributed by atoms with Crippen molar-refractivity contribution in [2.75, 3.05) is 11.9 Å². The number of thiophene rings is 1. The summed E-state index contributed by atoms with van der Waals surface area (Å²) in [4.78, 5) is 38.1. The summed E-state index contributed by atoms with van der Waals surface area (Å²) in [5, 5.41) is 16.1. The molecule has 0 bridgehead atoms. The Balaban J connectivity index is 1.74. The quantitative estimate of drug-likeness (QED) is 0.822. The van der Waals surface area contributed by atoms with E-state index in [2.05, 4.69) is 5.32 Å². The van der Waals surface area contributed by atoms with Gasteiger partial charge in [-0.05, 0) is 66.8 Å². The van der Waals surface area contributed by atoms with Crippen LogP contribution in [-0.2, 0) is 9.59 Å². The summed E-state index contributed by atoms with van der Waals surface area (Å²) in [6.07, 6.45) is 2.07. The summed E-state index contributed by atoms with van der Waals surface area (Å²) >= 11 is 1.54. The lowest BCUT2D eigenvalue weighted by atomic mass is 10.0. The summed E-state index contributed by atoms with van der Waals surface area (Å²) in [5.41, 5.74) is 1.85. The molecule has 2 amide bonds. The summed E-state index contributed by atoms with van der Waals surface area (Å²) in [6, 6.07) is 7.79. The Bertz CT molecular complexity index is 834. The van der Waals surface area contributed by atoms with E-state index in [1.165, 1.54) is 16.2 Å². The number of amides is 2. The molecule has 0 radical (unpaired) electrons. The van der Waals surface area contributed by atoms with Gasteiger partial charge in [0, 0.05) is 17.8 Å². The van der Waals surface area contributed by atoms with Gasteiger partial charge < -0.3 is 15.3 Å². The maximum atomic E-state index is 12.8. The van der Waals surface area contributed by atoms with Crippen molar-refractivity contribution >= 4 is 34.8 Å². The minimum atomic E-state index is -0.975. The van der Waals surface area contributed by atoms with Gasteiger partial charge in [-0.25, -0.2) is 4.79 Å². The van der Waals surface area contributed by atoms with Crippen LogP contribution in [0.5, 0.6) is 0 Å². The van der Waals surface area contributed by atoms with Crippen LogP contribution in [0, 0.1) is 0 Å². The van der Waals surface area contributed by atoms with Crippen LogP contribution in [0.15, 0.2) is 41.1 Å². The molecule has 6 nitrogen and oxygen atoms in total. The van der Waals surface area contributed by atoms with Crippen molar-refractivity contribution in [2.24, 2.45) is 0 Å². The number of carbonyl (C=O) groups excluding carboxylic acids is 2. The van der Waals surface area contributed by atoms with Crippen molar-refractivity contribution in [3.8, 4) is 0 Å². The van der Waals surface area contributed by atoms with E-state index < -0.39 is 12.0 Å². The Morgan fingerprint density at radius 2 is 2.07 bits per heavy atom. The first-order chi connectivity index (χ1) is 13.0. The van der Waals surface area contributed by atoms with Crippen LogP contribution in [0.2, 0.25) is 0 Å². The monoisotopic (exact) mass is 386 g/mol. The maximum Gasteiger partial charge on any atom is 0.326 e. The van der Waals surface area contributed by atoms with E-state index in [1.807, 2.05) is 23.8 Å². The first kappa shape index (κ1) is 19.1. The van der Waals surface area contributed by atoms with E-state index in [-0.39, 0.29) is 17.7 Å². The molecule has 0 saturated carbocycles. The molecule has 27 heavy (non-hydrogen) atoms. The van der Waals surface area contributed by atoms with Gasteiger partial charge in [0.2, 0.25) is 5.91 Å². The van der Waals surface area contributed by atoms with Crippen molar-refractivity contribution in [2.45, 2.75) is 38.1 Å². The van der Waals surface area contributed by atoms with Crippen LogP contribution in [0.25, 0.3) is 0 Å². The molecule has 1 aromatic carbocycles. The first-order valence-corrected chi connectivity index (χ1v) is 9.88. The number of carboxylic acid groups (broad SMARTS) is 1. The summed E-state index contributed by atoms with van der Waals surface area (Å²) in [6.45, 7) is 2.26. The Morgan fingerprint density at radius 1 is 1.26 bits per heavy atom. The van der Waals surface area contributed by atoms with Gasteiger partial charge in [-0.1, -0.05) is 6.07 Å². The molecule has 3 rings (SSSR count). The van der Waals surface area contributed by atoms with Crippen molar-refractivity contribution in [3.63, 3.8) is 0 Å². The number of nitrogens with one attached hydrogen (secondary N) is 1. The fraction of sp³-hybridized carbons (Fsp3) is 0.350. The van der Waals surface area contributed by atoms with Gasteiger partial charge in [0.15, 0.2) is 0 Å². The molecule has 0 spiro atoms. The highest BCUT2D eigenvalue weighted by Gasteiger charge is 2.32. The van der Waals surface area contributed by atoms with Gasteiger partial charge in [0.25, 0.3) is 5.91 Å². The van der Waals surface area contributed by atoms with Crippen LogP contribution in [0.3, 0.4) is 0 Å². The number of carboxylic acids is 1. The highest BCUT2D eigenvalue weighted by atomic mass is 32.1. The zero-order chi connectivity index (χ0) is 19.4. The molecule has 0 aliphatic carbocycles. The summed E-state index contributed by atoms with van der Waals surface area (Å²) in [7, 11) is 0. The smallest absolute Gasteiger partial charge is 0.326 e. The molecule has 2 unspecified atom stereocenters. The largest absolute Gasteiger partial charge is 0.480 e. The Morgan fingerprint density at radius 3 is 2.78 bits per heavy atom. The summed E-state index contributed by atoms with van der Waals surface area (Å²) < 4.78 is 0. The van der Waals surface area contributed by atoms with Crippen LogP contribution in [0.4, 0.5) is 5.69 Å². The Hall–Kier alpha value is -2.67. The van der Waals surface area contributed by atoms with E-state index >= 15 is 0 Å². The number of anilines is 1. The average molecular weight is 386 g/mol. The first-order valence-electron chi connectivity index (χ1n) is 8.94. The van der Waals surface area contributed by atoms with E-state index in [1.54, 1.807) is 24.3 Å². The Labute approximate surface area is 161 Å². The molecular formula is C20H22N2O4S. The highest BCUT2D eigenvalue weighted by Crippen LogP contribution is 2.23. The number of rotatable bonds is 5. The molecule has 7 heteroatoms. The van der Waals surface area contributed by atoms with Crippen molar-refractivity contribution < 1.29 is 19.5 Å². The lowest BCUT2D eigenvalue weighted by molar-refractivity contribution is -0.143. The number of piperidine rings is 1. The number of aliphatic carboxylic acids is 1. The Kier molecular flexibility index (Phi) is 5.91. The predicted molar refractivity (Wildman–Crippen MR) is 104 cm³/mol. The fourth-order valence-corrected chi connectivity index (χ4v) is 4.00. The second-order valence-corrected chi connectivity index (χ2v) is 7.48. The lowest BCUT2D eigenvalue weighted by Gasteiger charge is -2.33. The van der Waals surface area contributed by atoms with Gasteiger partial charge in [-0.15, -0.1) is 0 Å². The SMILES string of the molecule is CC(C(=O)Nc1cccc(C(=O)N2CCCCC2C(=O)O)c1)c1ccsc1. The lowest BCUT2D eigenvalue weighted by Crippen LogP contribution is -2.48. The average Bonchev–Trinajstić information content (AvgIpc) is 3.21. The van der Waals surface area contributed by atoms with Crippen LogP contribution in [-0.4, -0.2) is 40.4 Å². The standard InChI is InChI=1S/C20H22N2O4S/c1-13(15-8-10-27-12-15)18(23)21-16-6-4-5-14(11-16)19(24)22-9-3-2-7-17(22)20(25)26/h4-6,8,10-13,17H,2-3,7,9H2,1H3,(H,21,23)(H,25,26). The second kappa shape index (κ2) is 8.35. The number of carbonyl (C=O) groups is 3. The molecule has 2 N–H and O–H groups in total. The number of hydrogen-bond donors (Lipinski definition) is 2. The van der Waals surface area contributed by atoms with Crippen LogP contribution >= 0.6 is 11.3 Å². The normalized spacial score (nSPS) is 18.0. The van der Waals surface area contributed by atoms with Crippen molar-refractivity contribution in [3.05, 3.63) is 52.2 Å². The van der Waals surface area contributed by atoms with E-state index in [9.17, 15) is 19.5 Å². The van der Waals surface area contributed by atoms with Crippen LogP contribution in [0.1, 0.15) is 48.0 Å². The molecule has 1 aromatic heterocycles. The van der Waals surface area contributed by atoms with E-state index in [0.717, 1.165) is 18.4 Å². The van der Waals surface area contributed by atoms with Crippen molar-refractivity contribution in [1.82, 2.24) is 4.90 Å². The van der Waals surface area contributed by atoms with Gasteiger partial charge in [0.05, 0.1) is 5.92 Å². The molecule has 1 fully saturated rings. The minimum absolute atomic E-state index is 0.153. The van der Waals surface area contributed by atoms with Gasteiger partial charge >= 0.3 is 5.97 Å². The highest BCUT2D eigenvalue weighted by molar-refractivity contribution is 7.08. The van der Waals surface area contributed by atoms with Gasteiger partial charge in [-0.2, -0.15) is 11.3 Å². The zero-order valence-electron chi connectivity index (χ0n) is 15.1. The topological polar surface area (TPSA) is 86.7 Å². The molecule has 142 valence electrons. The van der Waals surface area contributed by atoms with Gasteiger partial charge in [0.1, 0.15) is 6.04 Å². The number of hydrogen-bond acceptors (Lipinski definition) is 4. The molecule has 1 aliphatic heterocycles. The van der Waals surface area contributed by atoms with Crippen molar-refractivity contribution in [1.29, 1.82) is 0 Å². The van der Waals surface area contributed by atoms with E-state index in [0.29, 0.717) is 24.2 Å². The molecule has 2 heterocycles. The third-order valence-electron chi connectivity index (χ3n) is 4.86. The zero-order valence-corrected chi connectivity index (χ0v) is 15.9. The van der Waals surface area contributed by atoms with Gasteiger partial charge in [-0.3, -0.25) is 9.59 Å². The molecular weight excluding hydrogens is 364 g/mol. The molecule has 2 aromatic rings. The number of benzene rings is 1. The number of nitrogens with zero attached hydrogens (tertiary/aromatic N) is 1. The minimum Gasteiger partial charge on any atom is -0.480 e.